The number of esters is 1. The van der Waals surface area contributed by atoms with Gasteiger partial charge in [0.2, 0.25) is 0 Å². The molecule has 0 saturated carbocycles. The lowest BCUT2D eigenvalue weighted by atomic mass is 9.80. The van der Waals surface area contributed by atoms with Crippen molar-refractivity contribution in [2.45, 2.75) is 45.0 Å². The average molecular weight is 305 g/mol. The molecule has 0 rings (SSSR count). The average Bonchev–Trinajstić information content (AvgIpc) is 2.27. The van der Waals surface area contributed by atoms with E-state index < -0.39 is 49.4 Å². The number of rotatable bonds is 6. The number of nitrogens with zero attached hydrogens (tertiary/aromatic N) is 1. The predicted molar refractivity (Wildman–Crippen MR) is 55.3 cm³/mol. The minimum absolute atomic E-state index is 0.236. The van der Waals surface area contributed by atoms with E-state index in [2.05, 4.69) is 4.74 Å². The number of ether oxygens (including phenoxy) is 1. The zero-order chi connectivity index (χ0) is 16.0. The van der Waals surface area contributed by atoms with Gasteiger partial charge in [-0.2, -0.15) is 31.6 Å². The molecule has 0 amide bonds. The van der Waals surface area contributed by atoms with E-state index in [1.807, 2.05) is 0 Å². The largest absolute Gasteiger partial charge is 0.465 e. The van der Waals surface area contributed by atoms with Crippen LogP contribution < -0.4 is 0 Å². The van der Waals surface area contributed by atoms with Gasteiger partial charge in [-0.1, -0.05) is 0 Å². The number of halogens is 6. The van der Waals surface area contributed by atoms with Gasteiger partial charge in [0, 0.05) is 12.8 Å². The Morgan fingerprint density at radius 1 is 1.00 bits per heavy atom. The lowest BCUT2D eigenvalue weighted by Gasteiger charge is -2.25. The molecule has 3 nitrogen and oxygen atoms in total. The van der Waals surface area contributed by atoms with Crippen LogP contribution in [0.4, 0.5) is 26.3 Å². The van der Waals surface area contributed by atoms with Gasteiger partial charge >= 0.3 is 18.3 Å². The standard InChI is InChI=1S/C11H13F6NO2/c1-2-20-8(19)9(7-18,3-5-10(12,13)14)4-6-11(15,16)17/h2-6H2,1H3. The minimum Gasteiger partial charge on any atom is -0.465 e. The summed E-state index contributed by atoms with van der Waals surface area (Å²) in [5.41, 5.74) is -2.43. The Hall–Kier alpha value is -1.46. The van der Waals surface area contributed by atoms with Crippen LogP contribution in [-0.2, 0) is 9.53 Å². The van der Waals surface area contributed by atoms with Gasteiger partial charge in [-0.05, 0) is 19.8 Å². The van der Waals surface area contributed by atoms with Crippen molar-refractivity contribution in [1.29, 1.82) is 5.26 Å². The normalized spacial score (nSPS) is 12.9. The zero-order valence-electron chi connectivity index (χ0n) is 10.6. The van der Waals surface area contributed by atoms with Gasteiger partial charge < -0.3 is 4.74 Å². The van der Waals surface area contributed by atoms with Crippen LogP contribution in [-0.4, -0.2) is 24.9 Å². The van der Waals surface area contributed by atoms with Gasteiger partial charge in [0.1, 0.15) is 0 Å². The molecule has 0 aromatic carbocycles. The summed E-state index contributed by atoms with van der Waals surface area (Å²) in [5, 5.41) is 8.88. The van der Waals surface area contributed by atoms with E-state index in [1.54, 1.807) is 0 Å². The second-order valence-electron chi connectivity index (χ2n) is 4.14. The number of carbonyl (C=O) groups is 1. The molecule has 0 spiro atoms. The quantitative estimate of drug-likeness (QED) is 0.555. The van der Waals surface area contributed by atoms with Crippen LogP contribution in [0.3, 0.4) is 0 Å². The molecule has 9 heteroatoms. The third-order valence-corrected chi connectivity index (χ3v) is 2.55. The summed E-state index contributed by atoms with van der Waals surface area (Å²) in [6, 6.07) is 1.27. The van der Waals surface area contributed by atoms with Crippen molar-refractivity contribution >= 4 is 5.97 Å². The monoisotopic (exact) mass is 305 g/mol. The maximum atomic E-state index is 12.2. The smallest absolute Gasteiger partial charge is 0.389 e. The molecule has 0 aliphatic rings. The number of alkyl halides is 6. The highest BCUT2D eigenvalue weighted by atomic mass is 19.4. The molecule has 0 aliphatic carbocycles. The topological polar surface area (TPSA) is 50.1 Å². The Kier molecular flexibility index (Phi) is 6.32. The summed E-state index contributed by atoms with van der Waals surface area (Å²) in [6.45, 7) is 1.11. The molecule has 0 bridgehead atoms. The van der Waals surface area contributed by atoms with E-state index in [-0.39, 0.29) is 6.61 Å². The number of nitriles is 1. The fourth-order valence-electron chi connectivity index (χ4n) is 1.47. The second-order valence-corrected chi connectivity index (χ2v) is 4.14. The summed E-state index contributed by atoms with van der Waals surface area (Å²) in [7, 11) is 0. The molecule has 0 heterocycles. The maximum Gasteiger partial charge on any atom is 0.389 e. The van der Waals surface area contributed by atoms with Crippen LogP contribution in [0.25, 0.3) is 0 Å². The van der Waals surface area contributed by atoms with Gasteiger partial charge in [0.15, 0.2) is 5.41 Å². The summed E-state index contributed by atoms with van der Waals surface area (Å²) in [4.78, 5) is 11.6. The fourth-order valence-corrected chi connectivity index (χ4v) is 1.47. The van der Waals surface area contributed by atoms with Crippen LogP contribution in [0, 0.1) is 16.7 Å². The highest BCUT2D eigenvalue weighted by molar-refractivity contribution is 5.80. The van der Waals surface area contributed by atoms with Gasteiger partial charge in [0.05, 0.1) is 12.7 Å². The van der Waals surface area contributed by atoms with Crippen molar-refractivity contribution in [3.05, 3.63) is 0 Å². The zero-order valence-corrected chi connectivity index (χ0v) is 10.6. The Balaban J connectivity index is 5.09. The molecule has 0 saturated heterocycles. The SMILES string of the molecule is CCOC(=O)C(C#N)(CCC(F)(F)F)CCC(F)(F)F. The molecular weight excluding hydrogens is 292 g/mol. The molecule has 0 radical (unpaired) electrons. The Morgan fingerprint density at radius 2 is 1.40 bits per heavy atom. The first-order chi connectivity index (χ1) is 8.96. The lowest BCUT2D eigenvalue weighted by molar-refractivity contribution is -0.164. The summed E-state index contributed by atoms with van der Waals surface area (Å²) in [5.74, 6) is -1.35. The minimum atomic E-state index is -4.67. The molecule has 0 N–H and O–H groups in total. The first kappa shape index (κ1) is 18.5. The van der Waals surface area contributed by atoms with Gasteiger partial charge in [-0.3, -0.25) is 4.79 Å². The third-order valence-electron chi connectivity index (χ3n) is 2.55. The van der Waals surface area contributed by atoms with Crippen LogP contribution >= 0.6 is 0 Å². The fraction of sp³-hybridized carbons (Fsp3) is 0.818. The van der Waals surface area contributed by atoms with E-state index >= 15 is 0 Å². The van der Waals surface area contributed by atoms with Crippen molar-refractivity contribution in [2.24, 2.45) is 5.41 Å². The molecule has 20 heavy (non-hydrogen) atoms. The maximum absolute atomic E-state index is 12.2. The highest BCUT2D eigenvalue weighted by Crippen LogP contribution is 2.38. The Morgan fingerprint density at radius 3 is 1.65 bits per heavy atom. The number of carbonyl (C=O) groups excluding carboxylic acids is 1. The van der Waals surface area contributed by atoms with Crippen molar-refractivity contribution in [3.63, 3.8) is 0 Å². The lowest BCUT2D eigenvalue weighted by Crippen LogP contribution is -2.34. The Bertz CT molecular complexity index is 351. The second kappa shape index (κ2) is 6.81. The van der Waals surface area contributed by atoms with E-state index in [4.69, 9.17) is 5.26 Å². The van der Waals surface area contributed by atoms with Crippen LogP contribution in [0.15, 0.2) is 0 Å². The van der Waals surface area contributed by atoms with E-state index in [1.165, 1.54) is 13.0 Å². The summed E-state index contributed by atoms with van der Waals surface area (Å²) < 4.78 is 77.4. The van der Waals surface area contributed by atoms with Gasteiger partial charge in [-0.25, -0.2) is 0 Å². The summed E-state index contributed by atoms with van der Waals surface area (Å²) in [6.07, 6.45) is -14.5. The first-order valence-corrected chi connectivity index (χ1v) is 5.68. The van der Waals surface area contributed by atoms with E-state index in [0.717, 1.165) is 0 Å². The van der Waals surface area contributed by atoms with Crippen molar-refractivity contribution in [2.75, 3.05) is 6.61 Å². The molecule has 0 fully saturated rings. The van der Waals surface area contributed by atoms with E-state index in [9.17, 15) is 31.1 Å². The molecule has 0 atom stereocenters. The van der Waals surface area contributed by atoms with Crippen LogP contribution in [0.1, 0.15) is 32.6 Å². The molecule has 116 valence electrons. The summed E-state index contributed by atoms with van der Waals surface area (Å²) >= 11 is 0. The highest BCUT2D eigenvalue weighted by Gasteiger charge is 2.46. The molecule has 0 unspecified atom stereocenters. The number of hydrogen-bond donors (Lipinski definition) is 0. The van der Waals surface area contributed by atoms with E-state index in [0.29, 0.717) is 0 Å². The Labute approximate surface area is 111 Å². The van der Waals surface area contributed by atoms with Gasteiger partial charge in [0.25, 0.3) is 0 Å². The predicted octanol–water partition coefficient (Wildman–Crippen LogP) is 3.74. The van der Waals surface area contributed by atoms with Crippen LogP contribution in [0.5, 0.6) is 0 Å². The third kappa shape index (κ3) is 6.63. The molecule has 0 aliphatic heterocycles. The molecule has 0 aromatic rings. The molecular formula is C11H13F6NO2. The van der Waals surface area contributed by atoms with Crippen molar-refractivity contribution < 1.29 is 35.9 Å². The van der Waals surface area contributed by atoms with Crippen molar-refractivity contribution in [3.8, 4) is 6.07 Å². The molecule has 0 aromatic heterocycles. The van der Waals surface area contributed by atoms with Crippen LogP contribution in [0.2, 0.25) is 0 Å². The number of hydrogen-bond acceptors (Lipinski definition) is 3. The first-order valence-electron chi connectivity index (χ1n) is 5.68. The van der Waals surface area contributed by atoms with Crippen molar-refractivity contribution in [1.82, 2.24) is 0 Å². The van der Waals surface area contributed by atoms with Gasteiger partial charge in [-0.15, -0.1) is 0 Å².